The molecule has 126 valence electrons. The van der Waals surface area contributed by atoms with Gasteiger partial charge in [0.1, 0.15) is 5.82 Å². The van der Waals surface area contributed by atoms with Crippen molar-refractivity contribution in [2.45, 2.75) is 12.8 Å². The fraction of sp³-hybridized carbons (Fsp3) is 0.200. The molecule has 4 rings (SSSR count). The third-order valence-corrected chi connectivity index (χ3v) is 4.51. The van der Waals surface area contributed by atoms with Gasteiger partial charge >= 0.3 is 0 Å². The Morgan fingerprint density at radius 2 is 1.88 bits per heavy atom. The Morgan fingerprint density at radius 3 is 2.72 bits per heavy atom. The van der Waals surface area contributed by atoms with Crippen LogP contribution in [0, 0.1) is 5.82 Å². The molecule has 0 spiro atoms. The summed E-state index contributed by atoms with van der Waals surface area (Å²) >= 11 is 0. The molecule has 1 aromatic heterocycles. The van der Waals surface area contributed by atoms with E-state index in [0.29, 0.717) is 10.9 Å². The van der Waals surface area contributed by atoms with Gasteiger partial charge in [-0.2, -0.15) is 0 Å². The van der Waals surface area contributed by atoms with Gasteiger partial charge in [0.15, 0.2) is 0 Å². The first-order valence-corrected chi connectivity index (χ1v) is 8.42. The van der Waals surface area contributed by atoms with Crippen LogP contribution >= 0.6 is 0 Å². The van der Waals surface area contributed by atoms with Crippen molar-refractivity contribution in [3.05, 3.63) is 66.1 Å². The summed E-state index contributed by atoms with van der Waals surface area (Å²) in [5.74, 6) is -0.798. The Bertz CT molecular complexity index is 935. The molecule has 2 heterocycles. The number of hydrogen-bond acceptors (Lipinski definition) is 3. The molecular formula is C20H18FN3O. The zero-order valence-corrected chi connectivity index (χ0v) is 13.7. The summed E-state index contributed by atoms with van der Waals surface area (Å²) < 4.78 is 13.9. The van der Waals surface area contributed by atoms with Crippen molar-refractivity contribution >= 4 is 28.2 Å². The number of pyridine rings is 1. The molecule has 0 saturated carbocycles. The van der Waals surface area contributed by atoms with E-state index in [9.17, 15) is 9.18 Å². The quantitative estimate of drug-likeness (QED) is 0.779. The topological polar surface area (TPSA) is 45.2 Å². The fourth-order valence-electron chi connectivity index (χ4n) is 3.33. The number of fused-ring (bicyclic) bond motifs is 1. The average Bonchev–Trinajstić information content (AvgIpc) is 3.16. The summed E-state index contributed by atoms with van der Waals surface area (Å²) in [4.78, 5) is 19.3. The van der Waals surface area contributed by atoms with Crippen LogP contribution < -0.4 is 10.2 Å². The van der Waals surface area contributed by atoms with Crippen molar-refractivity contribution in [2.24, 2.45) is 0 Å². The van der Waals surface area contributed by atoms with Crippen LogP contribution in [-0.2, 0) is 0 Å². The number of aromatic nitrogens is 1. The highest BCUT2D eigenvalue weighted by atomic mass is 19.1. The van der Waals surface area contributed by atoms with Gasteiger partial charge in [0.2, 0.25) is 0 Å². The number of benzene rings is 2. The van der Waals surface area contributed by atoms with Crippen molar-refractivity contribution < 1.29 is 9.18 Å². The largest absolute Gasteiger partial charge is 0.370 e. The molecule has 2 aromatic carbocycles. The van der Waals surface area contributed by atoms with Crippen LogP contribution in [0.15, 0.2) is 54.7 Å². The third kappa shape index (κ3) is 3.05. The zero-order valence-electron chi connectivity index (χ0n) is 13.7. The highest BCUT2D eigenvalue weighted by Gasteiger charge is 2.18. The van der Waals surface area contributed by atoms with Crippen molar-refractivity contribution in [1.82, 2.24) is 4.98 Å². The summed E-state index contributed by atoms with van der Waals surface area (Å²) in [6, 6.07) is 13.8. The van der Waals surface area contributed by atoms with Gasteiger partial charge < -0.3 is 10.2 Å². The average molecular weight is 335 g/mol. The maximum atomic E-state index is 13.9. The predicted octanol–water partition coefficient (Wildman–Crippen LogP) is 4.23. The van der Waals surface area contributed by atoms with Crippen molar-refractivity contribution in [1.29, 1.82) is 0 Å². The molecule has 1 amide bonds. The first-order valence-electron chi connectivity index (χ1n) is 8.42. The molecule has 1 aliphatic heterocycles. The van der Waals surface area contributed by atoms with Gasteiger partial charge in [0.25, 0.3) is 5.91 Å². The van der Waals surface area contributed by atoms with Gasteiger partial charge in [-0.15, -0.1) is 0 Å². The minimum atomic E-state index is -0.446. The second-order valence-corrected chi connectivity index (χ2v) is 6.19. The Morgan fingerprint density at radius 1 is 1.08 bits per heavy atom. The molecular weight excluding hydrogens is 317 g/mol. The monoisotopic (exact) mass is 335 g/mol. The number of rotatable bonds is 3. The van der Waals surface area contributed by atoms with E-state index in [1.807, 2.05) is 24.3 Å². The number of nitrogens with one attached hydrogen (secondary N) is 1. The van der Waals surface area contributed by atoms with Crippen molar-refractivity contribution in [2.75, 3.05) is 23.3 Å². The van der Waals surface area contributed by atoms with Gasteiger partial charge in [0.05, 0.1) is 22.5 Å². The predicted molar refractivity (Wildman–Crippen MR) is 97.5 cm³/mol. The summed E-state index contributed by atoms with van der Waals surface area (Å²) in [6.45, 7) is 1.97. The lowest BCUT2D eigenvalue weighted by Gasteiger charge is -2.21. The highest BCUT2D eigenvalue weighted by Crippen LogP contribution is 2.29. The van der Waals surface area contributed by atoms with E-state index in [-0.39, 0.29) is 11.5 Å². The third-order valence-electron chi connectivity index (χ3n) is 4.51. The normalized spacial score (nSPS) is 14.0. The van der Waals surface area contributed by atoms with E-state index < -0.39 is 5.82 Å². The van der Waals surface area contributed by atoms with E-state index >= 15 is 0 Å². The number of nitrogens with zero attached hydrogens (tertiary/aromatic N) is 2. The first-order chi connectivity index (χ1) is 12.2. The van der Waals surface area contributed by atoms with Crippen molar-refractivity contribution in [3.63, 3.8) is 0 Å². The number of carbonyl (C=O) groups excluding carboxylic acids is 1. The molecule has 0 bridgehead atoms. The van der Waals surface area contributed by atoms with Gasteiger partial charge in [-0.05, 0) is 43.2 Å². The molecule has 1 saturated heterocycles. The second-order valence-electron chi connectivity index (χ2n) is 6.19. The minimum Gasteiger partial charge on any atom is -0.370 e. The van der Waals surface area contributed by atoms with Crippen LogP contribution in [0.4, 0.5) is 15.8 Å². The second kappa shape index (κ2) is 6.51. The zero-order chi connectivity index (χ0) is 17.2. The number of anilines is 2. The van der Waals surface area contributed by atoms with E-state index in [0.717, 1.165) is 37.3 Å². The van der Waals surface area contributed by atoms with Crippen LogP contribution in [0.25, 0.3) is 10.9 Å². The van der Waals surface area contributed by atoms with E-state index in [1.54, 1.807) is 18.3 Å². The van der Waals surface area contributed by atoms with Crippen LogP contribution in [0.5, 0.6) is 0 Å². The first kappa shape index (κ1) is 15.6. The van der Waals surface area contributed by atoms with Gasteiger partial charge in [-0.1, -0.05) is 18.2 Å². The molecule has 1 fully saturated rings. The van der Waals surface area contributed by atoms with Gasteiger partial charge in [-0.25, -0.2) is 4.39 Å². The smallest absolute Gasteiger partial charge is 0.258 e. The summed E-state index contributed by atoms with van der Waals surface area (Å²) in [5.41, 5.74) is 2.48. The molecule has 0 atom stereocenters. The number of amides is 1. The van der Waals surface area contributed by atoms with E-state index in [2.05, 4.69) is 15.2 Å². The molecule has 25 heavy (non-hydrogen) atoms. The van der Waals surface area contributed by atoms with Gasteiger partial charge in [-0.3, -0.25) is 9.78 Å². The van der Waals surface area contributed by atoms with E-state index in [4.69, 9.17) is 0 Å². The maximum absolute atomic E-state index is 13.9. The molecule has 4 nitrogen and oxygen atoms in total. The Labute approximate surface area is 145 Å². The van der Waals surface area contributed by atoms with Crippen LogP contribution in [0.2, 0.25) is 0 Å². The summed E-state index contributed by atoms with van der Waals surface area (Å²) in [5, 5.41) is 3.55. The molecule has 0 unspecified atom stereocenters. The lowest BCUT2D eigenvalue weighted by atomic mass is 10.1. The highest BCUT2D eigenvalue weighted by molar-refractivity contribution is 6.12. The molecule has 0 aliphatic carbocycles. The molecule has 0 radical (unpaired) electrons. The standard InChI is InChI=1S/C20H18FN3O/c21-15-12-14-6-5-9-22-19(14)16(13-15)20(25)23-17-7-1-2-8-18(17)24-10-3-4-11-24/h1-2,5-9,12-13H,3-4,10-11H2,(H,23,25). The molecule has 5 heteroatoms. The minimum absolute atomic E-state index is 0.242. The summed E-state index contributed by atoms with van der Waals surface area (Å²) in [6.07, 6.45) is 3.91. The fourth-order valence-corrected chi connectivity index (χ4v) is 3.33. The van der Waals surface area contributed by atoms with Crippen molar-refractivity contribution in [3.8, 4) is 0 Å². The molecule has 3 aromatic rings. The van der Waals surface area contributed by atoms with Crippen LogP contribution in [-0.4, -0.2) is 24.0 Å². The van der Waals surface area contributed by atoms with Gasteiger partial charge in [0, 0.05) is 24.7 Å². The summed E-state index contributed by atoms with van der Waals surface area (Å²) in [7, 11) is 0. The molecule has 1 N–H and O–H groups in total. The lowest BCUT2D eigenvalue weighted by Crippen LogP contribution is -2.21. The number of carbonyl (C=O) groups is 1. The number of para-hydroxylation sites is 2. The SMILES string of the molecule is O=C(Nc1ccccc1N1CCCC1)c1cc(F)cc2cccnc12. The molecule has 1 aliphatic rings. The lowest BCUT2D eigenvalue weighted by molar-refractivity contribution is 0.102. The van der Waals surface area contributed by atoms with Crippen LogP contribution in [0.1, 0.15) is 23.2 Å². The number of halogens is 1. The number of hydrogen-bond donors (Lipinski definition) is 1. The Hall–Kier alpha value is -2.95. The van der Waals surface area contributed by atoms with Crippen LogP contribution in [0.3, 0.4) is 0 Å². The van der Waals surface area contributed by atoms with E-state index in [1.165, 1.54) is 12.1 Å². The Kier molecular flexibility index (Phi) is 4.06. The Balaban J connectivity index is 1.70. The maximum Gasteiger partial charge on any atom is 0.258 e.